The van der Waals surface area contributed by atoms with Crippen molar-refractivity contribution in [3.63, 3.8) is 0 Å². The molecule has 0 bridgehead atoms. The predicted octanol–water partition coefficient (Wildman–Crippen LogP) is 0.930. The molecule has 1 aromatic carbocycles. The third-order valence-corrected chi connectivity index (χ3v) is 2.59. The second-order valence-electron chi connectivity index (χ2n) is 3.48. The summed E-state index contributed by atoms with van der Waals surface area (Å²) in [7, 11) is 0. The summed E-state index contributed by atoms with van der Waals surface area (Å²) in [6.45, 7) is 0. The van der Waals surface area contributed by atoms with Gasteiger partial charge in [-0.2, -0.15) is 0 Å². The number of rotatable bonds is 4. The third kappa shape index (κ3) is 3.06. The fraction of sp³-hybridized carbons (Fsp3) is 0.300. The van der Waals surface area contributed by atoms with Gasteiger partial charge in [0, 0.05) is 5.56 Å². The fourth-order valence-corrected chi connectivity index (χ4v) is 1.59. The minimum absolute atomic E-state index is 0.105. The molecule has 0 fully saturated rings. The second-order valence-corrected chi connectivity index (χ2v) is 3.86. The molecular formula is C10H11ClFNO4. The molecule has 0 saturated heterocycles. The van der Waals surface area contributed by atoms with Crippen LogP contribution in [0.5, 0.6) is 0 Å². The van der Waals surface area contributed by atoms with Crippen LogP contribution in [0.3, 0.4) is 0 Å². The van der Waals surface area contributed by atoms with Gasteiger partial charge in [0.1, 0.15) is 6.10 Å². The van der Waals surface area contributed by atoms with Crippen LogP contribution >= 0.6 is 11.6 Å². The summed E-state index contributed by atoms with van der Waals surface area (Å²) in [5.74, 6) is -2.20. The van der Waals surface area contributed by atoms with E-state index in [0.29, 0.717) is 0 Å². The fourth-order valence-electron chi connectivity index (χ4n) is 1.31. The van der Waals surface area contributed by atoms with Crippen LogP contribution < -0.4 is 5.73 Å². The first kappa shape index (κ1) is 13.7. The molecule has 2 atom stereocenters. The number of nitrogen functional groups attached to an aromatic ring is 1. The van der Waals surface area contributed by atoms with Gasteiger partial charge in [0.2, 0.25) is 0 Å². The lowest BCUT2D eigenvalue weighted by atomic mass is 10.0. The molecular weight excluding hydrogens is 253 g/mol. The molecule has 0 amide bonds. The van der Waals surface area contributed by atoms with Gasteiger partial charge < -0.3 is 21.1 Å². The normalized spacial score (nSPS) is 14.4. The van der Waals surface area contributed by atoms with Crippen molar-refractivity contribution in [3.05, 3.63) is 28.5 Å². The number of hydrogen-bond donors (Lipinski definition) is 4. The van der Waals surface area contributed by atoms with E-state index in [2.05, 4.69) is 0 Å². The first-order chi connectivity index (χ1) is 7.84. The van der Waals surface area contributed by atoms with Crippen molar-refractivity contribution >= 4 is 23.3 Å². The molecule has 5 nitrogen and oxygen atoms in total. The van der Waals surface area contributed by atoms with Gasteiger partial charge in [-0.3, -0.25) is 4.79 Å². The Morgan fingerprint density at radius 1 is 1.47 bits per heavy atom. The monoisotopic (exact) mass is 263 g/mol. The Balaban J connectivity index is 3.00. The summed E-state index contributed by atoms with van der Waals surface area (Å²) in [5, 5.41) is 27.0. The molecule has 0 heterocycles. The topological polar surface area (TPSA) is 104 Å². The van der Waals surface area contributed by atoms with Crippen molar-refractivity contribution < 1.29 is 24.5 Å². The van der Waals surface area contributed by atoms with Crippen molar-refractivity contribution in [1.29, 1.82) is 0 Å². The number of carboxylic acids is 1. The number of anilines is 1. The van der Waals surface area contributed by atoms with E-state index in [0.717, 1.165) is 0 Å². The van der Waals surface area contributed by atoms with E-state index in [4.69, 9.17) is 22.4 Å². The van der Waals surface area contributed by atoms with Crippen LogP contribution in [0.1, 0.15) is 18.1 Å². The Labute approximate surface area is 101 Å². The van der Waals surface area contributed by atoms with E-state index >= 15 is 0 Å². The molecule has 0 aromatic heterocycles. The average molecular weight is 264 g/mol. The molecule has 1 aromatic rings. The molecule has 1 rings (SSSR count). The molecule has 17 heavy (non-hydrogen) atoms. The van der Waals surface area contributed by atoms with E-state index in [1.807, 2.05) is 0 Å². The lowest BCUT2D eigenvalue weighted by Gasteiger charge is -2.18. The molecule has 0 spiro atoms. The summed E-state index contributed by atoms with van der Waals surface area (Å²) < 4.78 is 13.3. The smallest absolute Gasteiger partial charge is 0.306 e. The maximum absolute atomic E-state index is 13.3. The SMILES string of the molecule is Nc1ccc(C(O)C(O)CC(=O)O)c(Cl)c1F. The van der Waals surface area contributed by atoms with E-state index in [1.54, 1.807) is 0 Å². The molecule has 2 unspecified atom stereocenters. The molecule has 0 aliphatic carbocycles. The van der Waals surface area contributed by atoms with Gasteiger partial charge in [-0.1, -0.05) is 17.7 Å². The molecule has 7 heteroatoms. The van der Waals surface area contributed by atoms with Crippen LogP contribution in [0.2, 0.25) is 5.02 Å². The van der Waals surface area contributed by atoms with Gasteiger partial charge in [0.25, 0.3) is 0 Å². The Kier molecular flexibility index (Phi) is 4.28. The summed E-state index contributed by atoms with van der Waals surface area (Å²) in [6.07, 6.45) is -3.84. The quantitative estimate of drug-likeness (QED) is 0.605. The Bertz CT molecular complexity index is 441. The first-order valence-electron chi connectivity index (χ1n) is 4.66. The largest absolute Gasteiger partial charge is 0.481 e. The minimum Gasteiger partial charge on any atom is -0.481 e. The van der Waals surface area contributed by atoms with Gasteiger partial charge in [0.15, 0.2) is 5.82 Å². The summed E-state index contributed by atoms with van der Waals surface area (Å²) >= 11 is 5.60. The number of hydrogen-bond acceptors (Lipinski definition) is 4. The van der Waals surface area contributed by atoms with Gasteiger partial charge in [-0.05, 0) is 6.07 Å². The van der Waals surface area contributed by atoms with E-state index in [9.17, 15) is 19.4 Å². The number of aliphatic carboxylic acids is 1. The zero-order valence-corrected chi connectivity index (χ0v) is 9.36. The van der Waals surface area contributed by atoms with Gasteiger partial charge in [0.05, 0.1) is 23.2 Å². The Morgan fingerprint density at radius 3 is 2.59 bits per heavy atom. The van der Waals surface area contributed by atoms with Crippen LogP contribution in [-0.2, 0) is 4.79 Å². The highest BCUT2D eigenvalue weighted by Gasteiger charge is 2.25. The van der Waals surface area contributed by atoms with Crippen LogP contribution in [0.4, 0.5) is 10.1 Å². The second kappa shape index (κ2) is 5.31. The Morgan fingerprint density at radius 2 is 2.06 bits per heavy atom. The number of benzene rings is 1. The summed E-state index contributed by atoms with van der Waals surface area (Å²) in [5.41, 5.74) is 4.95. The van der Waals surface area contributed by atoms with Crippen molar-refractivity contribution in [2.75, 3.05) is 5.73 Å². The number of carbonyl (C=O) groups is 1. The highest BCUT2D eigenvalue weighted by Crippen LogP contribution is 2.31. The standard InChI is InChI=1S/C10H11ClFNO4/c11-8-4(1-2-5(13)9(8)12)10(17)6(14)3-7(15)16/h1-2,6,10,14,17H,3,13H2,(H,15,16). The zero-order valence-electron chi connectivity index (χ0n) is 8.60. The van der Waals surface area contributed by atoms with Crippen molar-refractivity contribution in [3.8, 4) is 0 Å². The zero-order chi connectivity index (χ0) is 13.2. The molecule has 5 N–H and O–H groups in total. The van der Waals surface area contributed by atoms with Gasteiger partial charge >= 0.3 is 5.97 Å². The molecule has 0 saturated carbocycles. The predicted molar refractivity (Wildman–Crippen MR) is 59.0 cm³/mol. The number of nitrogens with two attached hydrogens (primary N) is 1. The molecule has 0 radical (unpaired) electrons. The first-order valence-corrected chi connectivity index (χ1v) is 5.03. The molecule has 94 valence electrons. The van der Waals surface area contributed by atoms with Gasteiger partial charge in [-0.25, -0.2) is 4.39 Å². The average Bonchev–Trinajstić information content (AvgIpc) is 2.24. The number of carboxylic acid groups (broad SMARTS) is 1. The number of aliphatic hydroxyl groups is 2. The molecule has 0 aliphatic heterocycles. The number of halogens is 2. The number of aliphatic hydroxyl groups excluding tert-OH is 2. The maximum Gasteiger partial charge on any atom is 0.306 e. The Hall–Kier alpha value is -1.37. The van der Waals surface area contributed by atoms with Crippen molar-refractivity contribution in [2.24, 2.45) is 0 Å². The van der Waals surface area contributed by atoms with Crippen LogP contribution in [0, 0.1) is 5.82 Å². The van der Waals surface area contributed by atoms with E-state index in [-0.39, 0.29) is 11.3 Å². The van der Waals surface area contributed by atoms with Crippen LogP contribution in [0.15, 0.2) is 12.1 Å². The molecule has 0 aliphatic rings. The van der Waals surface area contributed by atoms with E-state index in [1.165, 1.54) is 12.1 Å². The summed E-state index contributed by atoms with van der Waals surface area (Å²) in [4.78, 5) is 10.4. The summed E-state index contributed by atoms with van der Waals surface area (Å²) in [6, 6.07) is 2.41. The van der Waals surface area contributed by atoms with E-state index < -0.39 is 35.4 Å². The van der Waals surface area contributed by atoms with Crippen LogP contribution in [-0.4, -0.2) is 27.4 Å². The van der Waals surface area contributed by atoms with Crippen molar-refractivity contribution in [1.82, 2.24) is 0 Å². The van der Waals surface area contributed by atoms with Crippen LogP contribution in [0.25, 0.3) is 0 Å². The minimum atomic E-state index is -1.59. The third-order valence-electron chi connectivity index (χ3n) is 2.21. The lowest BCUT2D eigenvalue weighted by molar-refractivity contribution is -0.141. The highest BCUT2D eigenvalue weighted by molar-refractivity contribution is 6.31. The lowest BCUT2D eigenvalue weighted by Crippen LogP contribution is -2.22. The highest BCUT2D eigenvalue weighted by atomic mass is 35.5. The van der Waals surface area contributed by atoms with Crippen molar-refractivity contribution in [2.45, 2.75) is 18.6 Å². The van der Waals surface area contributed by atoms with Gasteiger partial charge in [-0.15, -0.1) is 0 Å². The maximum atomic E-state index is 13.3.